The fourth-order valence-corrected chi connectivity index (χ4v) is 3.27. The second-order valence-corrected chi connectivity index (χ2v) is 6.42. The van der Waals surface area contributed by atoms with Crippen LogP contribution in [0.15, 0.2) is 60.7 Å². The molecule has 1 fully saturated rings. The van der Waals surface area contributed by atoms with Gasteiger partial charge in [-0.25, -0.2) is 0 Å². The van der Waals surface area contributed by atoms with Gasteiger partial charge in [0.2, 0.25) is 0 Å². The molecule has 1 heterocycles. The summed E-state index contributed by atoms with van der Waals surface area (Å²) in [5.41, 5.74) is 2.42. The lowest BCUT2D eigenvalue weighted by Crippen LogP contribution is -2.38. The van der Waals surface area contributed by atoms with Crippen LogP contribution in [0.3, 0.4) is 0 Å². The van der Waals surface area contributed by atoms with Gasteiger partial charge in [0.05, 0.1) is 6.61 Å². The highest BCUT2D eigenvalue weighted by Crippen LogP contribution is 2.25. The highest BCUT2D eigenvalue weighted by atomic mass is 16.5. The first-order valence-corrected chi connectivity index (χ1v) is 9.09. The normalized spacial score (nSPS) is 18.5. The summed E-state index contributed by atoms with van der Waals surface area (Å²) in [6.45, 7) is 3.83. The Morgan fingerprint density at radius 1 is 0.958 bits per heavy atom. The SMILES string of the molecule is c1ccc(C(OCCNC2CCCCNC2)c2ccccc2)cc1. The molecule has 2 N–H and O–H groups in total. The van der Waals surface area contributed by atoms with E-state index in [4.69, 9.17) is 4.74 Å². The van der Waals surface area contributed by atoms with Crippen molar-refractivity contribution in [3.8, 4) is 0 Å². The third-order valence-corrected chi connectivity index (χ3v) is 4.57. The summed E-state index contributed by atoms with van der Waals surface area (Å²) in [6.07, 6.45) is 3.86. The van der Waals surface area contributed by atoms with Crippen molar-refractivity contribution in [1.82, 2.24) is 10.6 Å². The third-order valence-electron chi connectivity index (χ3n) is 4.57. The molecule has 2 aromatic carbocycles. The van der Waals surface area contributed by atoms with Crippen LogP contribution in [0.25, 0.3) is 0 Å². The number of hydrogen-bond donors (Lipinski definition) is 2. The lowest BCUT2D eigenvalue weighted by molar-refractivity contribution is 0.0804. The molecule has 3 rings (SSSR count). The van der Waals surface area contributed by atoms with Gasteiger partial charge >= 0.3 is 0 Å². The van der Waals surface area contributed by atoms with E-state index in [0.717, 1.165) is 19.6 Å². The highest BCUT2D eigenvalue weighted by Gasteiger charge is 2.15. The lowest BCUT2D eigenvalue weighted by Gasteiger charge is -2.21. The molecule has 3 nitrogen and oxygen atoms in total. The van der Waals surface area contributed by atoms with Crippen LogP contribution in [-0.4, -0.2) is 32.3 Å². The number of nitrogens with one attached hydrogen (secondary N) is 2. The van der Waals surface area contributed by atoms with E-state index in [1.54, 1.807) is 0 Å². The Balaban J connectivity index is 1.55. The van der Waals surface area contributed by atoms with E-state index in [0.29, 0.717) is 12.6 Å². The van der Waals surface area contributed by atoms with Crippen LogP contribution in [0.1, 0.15) is 36.5 Å². The van der Waals surface area contributed by atoms with Crippen LogP contribution in [-0.2, 0) is 4.74 Å². The fourth-order valence-electron chi connectivity index (χ4n) is 3.27. The molecule has 0 aromatic heterocycles. The zero-order chi connectivity index (χ0) is 16.5. The van der Waals surface area contributed by atoms with Gasteiger partial charge in [-0.3, -0.25) is 0 Å². The van der Waals surface area contributed by atoms with E-state index in [1.807, 2.05) is 12.1 Å². The maximum Gasteiger partial charge on any atom is 0.108 e. The molecular weight excluding hydrogens is 296 g/mol. The number of hydrogen-bond acceptors (Lipinski definition) is 3. The number of benzene rings is 2. The van der Waals surface area contributed by atoms with Gasteiger partial charge in [0.1, 0.15) is 6.10 Å². The Labute approximate surface area is 145 Å². The molecule has 2 aromatic rings. The third kappa shape index (κ3) is 5.17. The molecule has 1 atom stereocenters. The Morgan fingerprint density at radius 2 is 1.62 bits per heavy atom. The lowest BCUT2D eigenvalue weighted by atomic mass is 10.0. The summed E-state index contributed by atoms with van der Waals surface area (Å²) in [5.74, 6) is 0. The maximum absolute atomic E-state index is 6.25. The van der Waals surface area contributed by atoms with Gasteiger partial charge in [-0.1, -0.05) is 67.1 Å². The molecule has 3 heteroatoms. The topological polar surface area (TPSA) is 33.3 Å². The molecule has 1 aliphatic rings. The van der Waals surface area contributed by atoms with Gasteiger partial charge in [0.15, 0.2) is 0 Å². The molecule has 1 unspecified atom stereocenters. The van der Waals surface area contributed by atoms with Gasteiger partial charge in [-0.2, -0.15) is 0 Å². The van der Waals surface area contributed by atoms with Gasteiger partial charge in [-0.15, -0.1) is 0 Å². The molecule has 0 spiro atoms. The molecule has 0 aliphatic carbocycles. The summed E-state index contributed by atoms with van der Waals surface area (Å²) in [6, 6.07) is 21.5. The van der Waals surface area contributed by atoms with Gasteiger partial charge in [0, 0.05) is 19.1 Å². The zero-order valence-electron chi connectivity index (χ0n) is 14.3. The fraction of sp³-hybridized carbons (Fsp3) is 0.429. The van der Waals surface area contributed by atoms with Gasteiger partial charge < -0.3 is 15.4 Å². The Bertz CT molecular complexity index is 525. The average Bonchev–Trinajstić information content (AvgIpc) is 2.92. The molecular formula is C21H28N2O. The average molecular weight is 324 g/mol. The van der Waals surface area contributed by atoms with Gasteiger partial charge in [0.25, 0.3) is 0 Å². The van der Waals surface area contributed by atoms with Crippen molar-refractivity contribution in [1.29, 1.82) is 0 Å². The Hall–Kier alpha value is -1.68. The van der Waals surface area contributed by atoms with Gasteiger partial charge in [-0.05, 0) is 30.5 Å². The number of rotatable bonds is 7. The molecule has 0 amide bonds. The van der Waals surface area contributed by atoms with E-state index < -0.39 is 0 Å². The van der Waals surface area contributed by atoms with E-state index in [-0.39, 0.29) is 6.10 Å². The van der Waals surface area contributed by atoms with Crippen molar-refractivity contribution in [2.75, 3.05) is 26.2 Å². The molecule has 1 saturated heterocycles. The van der Waals surface area contributed by atoms with E-state index >= 15 is 0 Å². The first kappa shape index (κ1) is 17.2. The largest absolute Gasteiger partial charge is 0.367 e. The van der Waals surface area contributed by atoms with Crippen molar-refractivity contribution in [3.63, 3.8) is 0 Å². The second kappa shape index (κ2) is 9.58. The quantitative estimate of drug-likeness (QED) is 0.765. The molecule has 0 radical (unpaired) electrons. The minimum Gasteiger partial charge on any atom is -0.367 e. The van der Waals surface area contributed by atoms with E-state index in [9.17, 15) is 0 Å². The van der Waals surface area contributed by atoms with Crippen LogP contribution in [0.2, 0.25) is 0 Å². The van der Waals surface area contributed by atoms with E-state index in [2.05, 4.69) is 59.2 Å². The van der Waals surface area contributed by atoms with Crippen LogP contribution in [0.5, 0.6) is 0 Å². The predicted octanol–water partition coefficient (Wildman–Crippen LogP) is 3.52. The number of ether oxygens (including phenoxy) is 1. The van der Waals surface area contributed by atoms with Crippen LogP contribution in [0.4, 0.5) is 0 Å². The maximum atomic E-state index is 6.25. The molecule has 128 valence electrons. The Morgan fingerprint density at radius 3 is 2.29 bits per heavy atom. The summed E-state index contributed by atoms with van der Waals surface area (Å²) < 4.78 is 6.25. The first-order chi connectivity index (χ1) is 11.9. The van der Waals surface area contributed by atoms with E-state index in [1.165, 1.54) is 30.4 Å². The molecule has 0 bridgehead atoms. The predicted molar refractivity (Wildman–Crippen MR) is 99.2 cm³/mol. The van der Waals surface area contributed by atoms with Crippen LogP contribution >= 0.6 is 0 Å². The summed E-state index contributed by atoms with van der Waals surface area (Å²) in [5, 5.41) is 7.13. The smallest absolute Gasteiger partial charge is 0.108 e. The standard InChI is InChI=1S/C21H28N2O/c1-3-9-18(10-4-1)21(19-11-5-2-6-12-19)24-16-15-23-20-13-7-8-14-22-17-20/h1-6,9-12,20-23H,7-8,13-17H2. The second-order valence-electron chi connectivity index (χ2n) is 6.42. The van der Waals surface area contributed by atoms with Crippen molar-refractivity contribution in [2.24, 2.45) is 0 Å². The van der Waals surface area contributed by atoms with Crippen molar-refractivity contribution >= 4 is 0 Å². The first-order valence-electron chi connectivity index (χ1n) is 9.09. The van der Waals surface area contributed by atoms with Crippen molar-refractivity contribution in [2.45, 2.75) is 31.4 Å². The molecule has 24 heavy (non-hydrogen) atoms. The Kier molecular flexibility index (Phi) is 6.84. The minimum absolute atomic E-state index is 0.00135. The van der Waals surface area contributed by atoms with Crippen molar-refractivity contribution in [3.05, 3.63) is 71.8 Å². The molecule has 1 aliphatic heterocycles. The van der Waals surface area contributed by atoms with Crippen LogP contribution < -0.4 is 10.6 Å². The summed E-state index contributed by atoms with van der Waals surface area (Å²) >= 11 is 0. The van der Waals surface area contributed by atoms with Crippen molar-refractivity contribution < 1.29 is 4.74 Å². The highest BCUT2D eigenvalue weighted by molar-refractivity contribution is 5.29. The summed E-state index contributed by atoms with van der Waals surface area (Å²) in [7, 11) is 0. The monoisotopic (exact) mass is 324 g/mol. The zero-order valence-corrected chi connectivity index (χ0v) is 14.3. The summed E-state index contributed by atoms with van der Waals surface area (Å²) in [4.78, 5) is 0. The van der Waals surface area contributed by atoms with Crippen LogP contribution in [0, 0.1) is 0 Å². The molecule has 0 saturated carbocycles. The minimum atomic E-state index is 0.00135.